The minimum absolute atomic E-state index is 0. The van der Waals surface area contributed by atoms with E-state index in [4.69, 9.17) is 0 Å². The quantitative estimate of drug-likeness (QED) is 0.662. The molecule has 7 nitrogen and oxygen atoms in total. The molecule has 0 atom stereocenters. The summed E-state index contributed by atoms with van der Waals surface area (Å²) >= 11 is 0. The van der Waals surface area contributed by atoms with E-state index in [1.807, 2.05) is 64.4 Å². The summed E-state index contributed by atoms with van der Waals surface area (Å²) in [5.41, 5.74) is 1.53. The van der Waals surface area contributed by atoms with E-state index in [2.05, 4.69) is 20.8 Å². The molecule has 0 unspecified atom stereocenters. The summed E-state index contributed by atoms with van der Waals surface area (Å²) in [5.74, 6) is 0.0446. The number of para-hydroxylation sites is 1. The molecule has 0 saturated carbocycles. The molecule has 2 N–H and O–H groups in total. The van der Waals surface area contributed by atoms with E-state index in [-0.39, 0.29) is 18.3 Å². The third-order valence-corrected chi connectivity index (χ3v) is 5.15. The third-order valence-electron chi connectivity index (χ3n) is 5.15. The Kier molecular flexibility index (Phi) is 6.49. The van der Waals surface area contributed by atoms with Crippen LogP contribution in [0.25, 0.3) is 5.69 Å². The van der Waals surface area contributed by atoms with E-state index in [9.17, 15) is 4.79 Å². The van der Waals surface area contributed by atoms with Gasteiger partial charge in [-0.3, -0.25) is 9.48 Å². The van der Waals surface area contributed by atoms with Gasteiger partial charge in [0.1, 0.15) is 5.54 Å². The Morgan fingerprint density at radius 3 is 2.64 bits per heavy atom. The third kappa shape index (κ3) is 4.10. The molecule has 4 rings (SSSR count). The molecule has 1 aliphatic rings. The average molecular weight is 401 g/mol. The van der Waals surface area contributed by atoms with Crippen LogP contribution >= 0.6 is 12.4 Å². The number of rotatable bonds is 6. The fourth-order valence-electron chi connectivity index (χ4n) is 3.62. The Labute approximate surface area is 170 Å². The highest BCUT2D eigenvalue weighted by Gasteiger charge is 2.41. The maximum absolute atomic E-state index is 13.0. The molecular formula is C20H25ClN6O. The zero-order valence-electron chi connectivity index (χ0n) is 15.6. The SMILES string of the molecule is Cl.O=C(NCCc1cnn(-c2ccccc2)c1)C1(n2cccn2)CCNCC1. The topological polar surface area (TPSA) is 76.8 Å². The molecule has 1 aliphatic heterocycles. The number of nitrogens with one attached hydrogen (secondary N) is 2. The smallest absolute Gasteiger partial charge is 0.248 e. The van der Waals surface area contributed by atoms with Crippen molar-refractivity contribution >= 4 is 18.3 Å². The van der Waals surface area contributed by atoms with Gasteiger partial charge in [0.05, 0.1) is 11.9 Å². The summed E-state index contributed by atoms with van der Waals surface area (Å²) in [6, 6.07) is 11.9. The summed E-state index contributed by atoms with van der Waals surface area (Å²) in [5, 5.41) is 15.2. The van der Waals surface area contributed by atoms with Crippen LogP contribution in [-0.4, -0.2) is 45.1 Å². The fraction of sp³-hybridized carbons (Fsp3) is 0.350. The van der Waals surface area contributed by atoms with E-state index in [1.54, 1.807) is 6.20 Å². The van der Waals surface area contributed by atoms with Crippen molar-refractivity contribution in [2.24, 2.45) is 0 Å². The Morgan fingerprint density at radius 1 is 1.14 bits per heavy atom. The minimum atomic E-state index is -0.594. The molecular weight excluding hydrogens is 376 g/mol. The van der Waals surface area contributed by atoms with Crippen molar-refractivity contribution in [3.63, 3.8) is 0 Å². The summed E-state index contributed by atoms with van der Waals surface area (Å²) in [6.45, 7) is 2.21. The summed E-state index contributed by atoms with van der Waals surface area (Å²) in [4.78, 5) is 13.0. The largest absolute Gasteiger partial charge is 0.354 e. The molecule has 3 aromatic rings. The number of carbonyl (C=O) groups excluding carboxylic acids is 1. The van der Waals surface area contributed by atoms with Crippen molar-refractivity contribution in [2.75, 3.05) is 19.6 Å². The first-order chi connectivity index (χ1) is 13.3. The summed E-state index contributed by atoms with van der Waals surface area (Å²) in [7, 11) is 0. The number of nitrogens with zero attached hydrogens (tertiary/aromatic N) is 4. The van der Waals surface area contributed by atoms with Crippen LogP contribution in [0.4, 0.5) is 0 Å². The van der Waals surface area contributed by atoms with Crippen molar-refractivity contribution in [1.29, 1.82) is 0 Å². The first-order valence-electron chi connectivity index (χ1n) is 9.36. The number of benzene rings is 1. The zero-order chi connectivity index (χ0) is 18.5. The molecule has 1 aromatic carbocycles. The highest BCUT2D eigenvalue weighted by molar-refractivity contribution is 5.85. The van der Waals surface area contributed by atoms with E-state index in [0.29, 0.717) is 6.54 Å². The second-order valence-corrected chi connectivity index (χ2v) is 6.87. The second-order valence-electron chi connectivity index (χ2n) is 6.87. The zero-order valence-corrected chi connectivity index (χ0v) is 16.4. The molecule has 0 spiro atoms. The molecule has 1 saturated heterocycles. The van der Waals surface area contributed by atoms with Crippen LogP contribution in [0, 0.1) is 0 Å². The number of hydrogen-bond acceptors (Lipinski definition) is 4. The lowest BCUT2D eigenvalue weighted by Gasteiger charge is -2.36. The van der Waals surface area contributed by atoms with Gasteiger partial charge in [0, 0.05) is 25.1 Å². The number of amides is 1. The Bertz CT molecular complexity index is 871. The number of hydrogen-bond donors (Lipinski definition) is 2. The normalized spacial score (nSPS) is 15.6. The number of halogens is 1. The van der Waals surface area contributed by atoms with Gasteiger partial charge in [0.2, 0.25) is 5.91 Å². The molecule has 1 fully saturated rings. The van der Waals surface area contributed by atoms with Crippen molar-refractivity contribution < 1.29 is 4.79 Å². The lowest BCUT2D eigenvalue weighted by atomic mass is 9.87. The first-order valence-corrected chi connectivity index (χ1v) is 9.36. The van der Waals surface area contributed by atoms with Gasteiger partial charge in [-0.15, -0.1) is 12.4 Å². The Balaban J connectivity index is 0.00000225. The van der Waals surface area contributed by atoms with E-state index >= 15 is 0 Å². The predicted molar refractivity (Wildman–Crippen MR) is 110 cm³/mol. The lowest BCUT2D eigenvalue weighted by Crippen LogP contribution is -2.54. The Morgan fingerprint density at radius 2 is 1.93 bits per heavy atom. The standard InChI is InChI=1S/C20H24N6O.ClH/c27-19(20(8-12-21-13-9-20)26-14-4-10-23-26)22-11-7-17-15-24-25(16-17)18-5-2-1-3-6-18;/h1-6,10,14-16,21H,7-9,11-13H2,(H,22,27);1H. The van der Waals surface area contributed by atoms with Crippen LogP contribution in [-0.2, 0) is 16.8 Å². The van der Waals surface area contributed by atoms with Crippen LogP contribution in [0.1, 0.15) is 18.4 Å². The first kappa shape index (κ1) is 20.1. The van der Waals surface area contributed by atoms with Gasteiger partial charge in [-0.2, -0.15) is 10.2 Å². The number of piperidine rings is 1. The molecule has 8 heteroatoms. The second kappa shape index (κ2) is 9.03. The molecule has 28 heavy (non-hydrogen) atoms. The molecule has 3 heterocycles. The lowest BCUT2D eigenvalue weighted by molar-refractivity contribution is -0.131. The van der Waals surface area contributed by atoms with Crippen LogP contribution in [0.15, 0.2) is 61.2 Å². The summed E-state index contributed by atoms with van der Waals surface area (Å²) < 4.78 is 3.67. The number of carbonyl (C=O) groups is 1. The average Bonchev–Trinajstić information content (AvgIpc) is 3.42. The molecule has 2 aromatic heterocycles. The van der Waals surface area contributed by atoms with E-state index < -0.39 is 5.54 Å². The molecule has 0 radical (unpaired) electrons. The van der Waals surface area contributed by atoms with E-state index in [1.165, 1.54) is 0 Å². The van der Waals surface area contributed by atoms with E-state index in [0.717, 1.165) is 43.6 Å². The van der Waals surface area contributed by atoms with Crippen LogP contribution < -0.4 is 10.6 Å². The molecule has 148 valence electrons. The molecule has 1 amide bonds. The van der Waals surface area contributed by atoms with Crippen molar-refractivity contribution in [3.8, 4) is 5.69 Å². The van der Waals surface area contributed by atoms with Gasteiger partial charge < -0.3 is 10.6 Å². The maximum atomic E-state index is 13.0. The van der Waals surface area contributed by atoms with Gasteiger partial charge in [-0.05, 0) is 56.1 Å². The fourth-order valence-corrected chi connectivity index (χ4v) is 3.62. The number of aromatic nitrogens is 4. The van der Waals surface area contributed by atoms with Gasteiger partial charge in [-0.25, -0.2) is 4.68 Å². The van der Waals surface area contributed by atoms with Crippen molar-refractivity contribution in [3.05, 3.63) is 66.7 Å². The van der Waals surface area contributed by atoms with Gasteiger partial charge in [0.25, 0.3) is 0 Å². The molecule has 0 bridgehead atoms. The van der Waals surface area contributed by atoms with Gasteiger partial charge >= 0.3 is 0 Å². The van der Waals surface area contributed by atoms with Gasteiger partial charge in [0.15, 0.2) is 0 Å². The van der Waals surface area contributed by atoms with Gasteiger partial charge in [-0.1, -0.05) is 18.2 Å². The van der Waals surface area contributed by atoms with Crippen LogP contribution in [0.3, 0.4) is 0 Å². The Hall–Kier alpha value is -2.64. The maximum Gasteiger partial charge on any atom is 0.248 e. The van der Waals surface area contributed by atoms with Crippen molar-refractivity contribution in [2.45, 2.75) is 24.8 Å². The van der Waals surface area contributed by atoms with Crippen molar-refractivity contribution in [1.82, 2.24) is 30.2 Å². The monoisotopic (exact) mass is 400 g/mol. The highest BCUT2D eigenvalue weighted by atomic mass is 35.5. The molecule has 0 aliphatic carbocycles. The highest BCUT2D eigenvalue weighted by Crippen LogP contribution is 2.27. The summed E-state index contributed by atoms with van der Waals surface area (Å²) in [6.07, 6.45) is 9.71. The van der Waals surface area contributed by atoms with Crippen LogP contribution in [0.2, 0.25) is 0 Å². The predicted octanol–water partition coefficient (Wildman–Crippen LogP) is 1.93. The minimum Gasteiger partial charge on any atom is -0.354 e. The van der Waals surface area contributed by atoms with Crippen LogP contribution in [0.5, 0.6) is 0 Å².